The van der Waals surface area contributed by atoms with Crippen molar-refractivity contribution in [3.63, 3.8) is 0 Å². The van der Waals surface area contributed by atoms with Crippen molar-refractivity contribution in [2.24, 2.45) is 5.73 Å². The standard InChI is InChI=1S/C29H31FN4O5/c1-3-34(4-2)18-21-8-6-5-7-20(21)17-32-27(36)22-13-23(29(38)39-26(35)16-31)15-25(14-22)33-28(37)19-9-11-24(30)12-10-19/h5-15H,3-4,16-18,31H2,1-2H3,(H,32,36)(H,33,37). The molecule has 0 aliphatic carbocycles. The third-order valence-electron chi connectivity index (χ3n) is 6.01. The highest BCUT2D eigenvalue weighted by Crippen LogP contribution is 2.19. The number of ether oxygens (including phenoxy) is 1. The van der Waals surface area contributed by atoms with E-state index in [9.17, 15) is 23.6 Å². The molecule has 0 aliphatic heterocycles. The van der Waals surface area contributed by atoms with Crippen molar-refractivity contribution in [1.82, 2.24) is 10.2 Å². The molecule has 204 valence electrons. The van der Waals surface area contributed by atoms with Crippen LogP contribution in [0.15, 0.2) is 66.7 Å². The van der Waals surface area contributed by atoms with Gasteiger partial charge in [-0.2, -0.15) is 0 Å². The van der Waals surface area contributed by atoms with Gasteiger partial charge in [0.1, 0.15) is 5.82 Å². The Morgan fingerprint density at radius 2 is 1.49 bits per heavy atom. The molecule has 39 heavy (non-hydrogen) atoms. The van der Waals surface area contributed by atoms with Crippen LogP contribution in [0.25, 0.3) is 0 Å². The molecule has 0 saturated carbocycles. The Balaban J connectivity index is 1.85. The molecule has 0 radical (unpaired) electrons. The van der Waals surface area contributed by atoms with Crippen LogP contribution in [0.5, 0.6) is 0 Å². The third kappa shape index (κ3) is 8.29. The second-order valence-electron chi connectivity index (χ2n) is 8.64. The first-order chi connectivity index (χ1) is 18.7. The number of esters is 2. The van der Waals surface area contributed by atoms with Gasteiger partial charge in [0.15, 0.2) is 0 Å². The van der Waals surface area contributed by atoms with Gasteiger partial charge in [0.05, 0.1) is 12.1 Å². The average molecular weight is 535 g/mol. The molecule has 3 rings (SSSR count). The molecule has 3 aromatic carbocycles. The van der Waals surface area contributed by atoms with E-state index < -0.39 is 36.1 Å². The number of hydrogen-bond acceptors (Lipinski definition) is 7. The van der Waals surface area contributed by atoms with Crippen molar-refractivity contribution < 1.29 is 28.3 Å². The number of benzene rings is 3. The molecule has 0 spiro atoms. The fraction of sp³-hybridized carbons (Fsp3) is 0.241. The van der Waals surface area contributed by atoms with Crippen LogP contribution in [0.3, 0.4) is 0 Å². The van der Waals surface area contributed by atoms with Crippen LogP contribution in [0, 0.1) is 5.82 Å². The molecule has 3 aromatic rings. The first-order valence-electron chi connectivity index (χ1n) is 12.5. The number of carbonyl (C=O) groups is 4. The van der Waals surface area contributed by atoms with E-state index in [0.29, 0.717) is 0 Å². The number of carbonyl (C=O) groups excluding carboxylic acids is 4. The predicted molar refractivity (Wildman–Crippen MR) is 145 cm³/mol. The number of rotatable bonds is 11. The van der Waals surface area contributed by atoms with Crippen LogP contribution in [0.4, 0.5) is 10.1 Å². The fourth-order valence-electron chi connectivity index (χ4n) is 3.81. The molecule has 9 nitrogen and oxygen atoms in total. The molecule has 0 atom stereocenters. The first-order valence-corrected chi connectivity index (χ1v) is 12.5. The van der Waals surface area contributed by atoms with Crippen LogP contribution < -0.4 is 16.4 Å². The lowest BCUT2D eigenvalue weighted by molar-refractivity contribution is -0.136. The predicted octanol–water partition coefficient (Wildman–Crippen LogP) is 3.49. The Bertz CT molecular complexity index is 1340. The monoisotopic (exact) mass is 534 g/mol. The van der Waals surface area contributed by atoms with E-state index in [1.165, 1.54) is 30.3 Å². The van der Waals surface area contributed by atoms with Crippen LogP contribution in [0.2, 0.25) is 0 Å². The number of nitrogens with one attached hydrogen (secondary N) is 2. The van der Waals surface area contributed by atoms with Gasteiger partial charge in [-0.25, -0.2) is 9.18 Å². The summed E-state index contributed by atoms with van der Waals surface area (Å²) in [5, 5.41) is 5.44. The van der Waals surface area contributed by atoms with E-state index >= 15 is 0 Å². The zero-order valence-electron chi connectivity index (χ0n) is 21.8. The summed E-state index contributed by atoms with van der Waals surface area (Å²) in [6.45, 7) is 6.40. The van der Waals surface area contributed by atoms with Crippen LogP contribution in [0.1, 0.15) is 56.0 Å². The van der Waals surface area contributed by atoms with Crippen molar-refractivity contribution in [2.45, 2.75) is 26.9 Å². The number of halogens is 1. The highest BCUT2D eigenvalue weighted by Gasteiger charge is 2.18. The summed E-state index contributed by atoms with van der Waals surface area (Å²) < 4.78 is 17.9. The van der Waals surface area contributed by atoms with E-state index in [2.05, 4.69) is 34.1 Å². The number of nitrogens with zero attached hydrogens (tertiary/aromatic N) is 1. The zero-order valence-corrected chi connectivity index (χ0v) is 21.8. The number of nitrogens with two attached hydrogens (primary N) is 1. The van der Waals surface area contributed by atoms with Gasteiger partial charge in [-0.1, -0.05) is 38.1 Å². The second-order valence-corrected chi connectivity index (χ2v) is 8.64. The van der Waals surface area contributed by atoms with E-state index in [-0.39, 0.29) is 28.9 Å². The van der Waals surface area contributed by atoms with Crippen LogP contribution in [-0.2, 0) is 22.6 Å². The molecule has 0 aliphatic rings. The van der Waals surface area contributed by atoms with Gasteiger partial charge < -0.3 is 21.1 Å². The average Bonchev–Trinajstić information content (AvgIpc) is 2.95. The van der Waals surface area contributed by atoms with Gasteiger partial charge in [-0.15, -0.1) is 0 Å². The lowest BCUT2D eigenvalue weighted by Gasteiger charge is -2.20. The zero-order chi connectivity index (χ0) is 28.4. The molecule has 2 amide bonds. The van der Waals surface area contributed by atoms with Gasteiger partial charge in [0, 0.05) is 29.9 Å². The second kappa shape index (κ2) is 13.9. The third-order valence-corrected chi connectivity index (χ3v) is 6.01. The molecule has 0 unspecified atom stereocenters. The number of amides is 2. The minimum absolute atomic E-state index is 0.0558. The summed E-state index contributed by atoms with van der Waals surface area (Å²) in [4.78, 5) is 52.2. The van der Waals surface area contributed by atoms with Crippen molar-refractivity contribution in [3.05, 3.63) is 100 Å². The van der Waals surface area contributed by atoms with Crippen molar-refractivity contribution in [3.8, 4) is 0 Å². The quantitative estimate of drug-likeness (QED) is 0.254. The maximum atomic E-state index is 13.2. The van der Waals surface area contributed by atoms with Gasteiger partial charge in [0.2, 0.25) is 0 Å². The van der Waals surface area contributed by atoms with Gasteiger partial charge >= 0.3 is 11.9 Å². The van der Waals surface area contributed by atoms with Crippen LogP contribution >= 0.6 is 0 Å². The van der Waals surface area contributed by atoms with Gasteiger partial charge in [0.25, 0.3) is 11.8 Å². The van der Waals surface area contributed by atoms with E-state index in [0.717, 1.165) is 42.9 Å². The largest absolute Gasteiger partial charge is 0.388 e. The molecule has 0 heterocycles. The molecular weight excluding hydrogens is 503 g/mol. The molecule has 4 N–H and O–H groups in total. The van der Waals surface area contributed by atoms with E-state index in [1.807, 2.05) is 24.3 Å². The Labute approximate surface area is 226 Å². The number of anilines is 1. The smallest absolute Gasteiger partial charge is 0.345 e. The Hall–Kier alpha value is -4.41. The normalized spacial score (nSPS) is 10.7. The maximum absolute atomic E-state index is 13.2. The Morgan fingerprint density at radius 3 is 2.13 bits per heavy atom. The highest BCUT2D eigenvalue weighted by atomic mass is 19.1. The Morgan fingerprint density at radius 1 is 0.846 bits per heavy atom. The fourth-order valence-corrected chi connectivity index (χ4v) is 3.81. The summed E-state index contributed by atoms with van der Waals surface area (Å²) in [5.41, 5.74) is 7.42. The lowest BCUT2D eigenvalue weighted by Crippen LogP contribution is -2.26. The maximum Gasteiger partial charge on any atom is 0.345 e. The molecule has 0 saturated heterocycles. The molecule has 0 bridgehead atoms. The highest BCUT2D eigenvalue weighted by molar-refractivity contribution is 6.07. The number of hydrogen-bond donors (Lipinski definition) is 3. The lowest BCUT2D eigenvalue weighted by atomic mass is 10.1. The van der Waals surface area contributed by atoms with Gasteiger partial charge in [-0.3, -0.25) is 19.3 Å². The van der Waals surface area contributed by atoms with E-state index in [4.69, 9.17) is 5.73 Å². The molecule has 0 fully saturated rings. The van der Waals surface area contributed by atoms with Crippen molar-refractivity contribution in [1.29, 1.82) is 0 Å². The summed E-state index contributed by atoms with van der Waals surface area (Å²) in [6.07, 6.45) is 0. The summed E-state index contributed by atoms with van der Waals surface area (Å²) >= 11 is 0. The Kier molecular flexibility index (Phi) is 10.4. The van der Waals surface area contributed by atoms with Crippen molar-refractivity contribution >= 4 is 29.4 Å². The SMILES string of the molecule is CCN(CC)Cc1ccccc1CNC(=O)c1cc(NC(=O)c2ccc(F)cc2)cc(C(=O)OC(=O)CN)c1. The topological polar surface area (TPSA) is 131 Å². The van der Waals surface area contributed by atoms with E-state index in [1.54, 1.807) is 0 Å². The molecular formula is C29H31FN4O5. The summed E-state index contributed by atoms with van der Waals surface area (Å²) in [6, 6.07) is 16.6. The van der Waals surface area contributed by atoms with Crippen molar-refractivity contribution in [2.75, 3.05) is 25.0 Å². The first kappa shape index (κ1) is 29.2. The summed E-state index contributed by atoms with van der Waals surface area (Å²) in [7, 11) is 0. The minimum atomic E-state index is -1.03. The molecule has 10 heteroatoms. The minimum Gasteiger partial charge on any atom is -0.388 e. The summed E-state index contributed by atoms with van der Waals surface area (Å²) in [5.74, 6) is -3.57. The molecule has 0 aromatic heterocycles. The van der Waals surface area contributed by atoms with Gasteiger partial charge in [-0.05, 0) is 66.7 Å². The van der Waals surface area contributed by atoms with Crippen LogP contribution in [-0.4, -0.2) is 48.3 Å².